The minimum absolute atomic E-state index is 0.207. The van der Waals surface area contributed by atoms with Gasteiger partial charge in [0.05, 0.1) is 6.42 Å². The summed E-state index contributed by atoms with van der Waals surface area (Å²) in [4.78, 5) is 49.7. The molecule has 1 aliphatic rings. The van der Waals surface area contributed by atoms with Gasteiger partial charge in [0.25, 0.3) is 0 Å². The average Bonchev–Trinajstić information content (AvgIpc) is 2.88. The van der Waals surface area contributed by atoms with E-state index in [1.807, 2.05) is 84.9 Å². The zero-order valence-electron chi connectivity index (χ0n) is 19.6. The lowest BCUT2D eigenvalue weighted by Gasteiger charge is -2.29. The molecule has 1 heterocycles. The molecular formula is C28H28N4O4. The summed E-state index contributed by atoms with van der Waals surface area (Å²) in [5.41, 5.74) is 9.37. The highest BCUT2D eigenvalue weighted by molar-refractivity contribution is 5.99. The van der Waals surface area contributed by atoms with Crippen LogP contribution in [0, 0.1) is 0 Å². The molecule has 0 aromatic heterocycles. The maximum atomic E-state index is 12.6. The minimum atomic E-state index is -1.02. The van der Waals surface area contributed by atoms with Crippen molar-refractivity contribution in [2.24, 2.45) is 5.73 Å². The van der Waals surface area contributed by atoms with Gasteiger partial charge in [-0.15, -0.1) is 0 Å². The van der Waals surface area contributed by atoms with Gasteiger partial charge in [0.2, 0.25) is 23.6 Å². The third-order valence-corrected chi connectivity index (χ3v) is 6.12. The first-order chi connectivity index (χ1) is 17.4. The zero-order valence-corrected chi connectivity index (χ0v) is 19.6. The fourth-order valence-electron chi connectivity index (χ4n) is 4.17. The van der Waals surface area contributed by atoms with E-state index in [-0.39, 0.29) is 18.7 Å². The van der Waals surface area contributed by atoms with Gasteiger partial charge in [-0.2, -0.15) is 0 Å². The Morgan fingerprint density at radius 2 is 1.31 bits per heavy atom. The first kappa shape index (κ1) is 24.7. The molecule has 4 rings (SSSR count). The molecule has 3 aromatic carbocycles. The molecule has 0 saturated carbocycles. The molecule has 0 radical (unpaired) electrons. The Labute approximate surface area is 209 Å². The summed E-state index contributed by atoms with van der Waals surface area (Å²) in [5, 5.41) is 7.90. The van der Waals surface area contributed by atoms with Crippen LogP contribution in [0.5, 0.6) is 0 Å². The predicted molar refractivity (Wildman–Crippen MR) is 135 cm³/mol. The lowest BCUT2D eigenvalue weighted by atomic mass is 9.99. The fourth-order valence-corrected chi connectivity index (χ4v) is 4.17. The van der Waals surface area contributed by atoms with E-state index in [1.54, 1.807) is 0 Å². The number of benzene rings is 3. The van der Waals surface area contributed by atoms with E-state index in [0.717, 1.165) is 22.3 Å². The van der Waals surface area contributed by atoms with Crippen LogP contribution in [0.1, 0.15) is 17.5 Å². The number of carbonyl (C=O) groups is 4. The molecule has 0 bridgehead atoms. The number of nitrogens with two attached hydrogens (primary N) is 1. The number of piperazine rings is 1. The molecule has 3 atom stereocenters. The summed E-state index contributed by atoms with van der Waals surface area (Å²) < 4.78 is 0. The van der Waals surface area contributed by atoms with E-state index in [0.29, 0.717) is 6.42 Å². The summed E-state index contributed by atoms with van der Waals surface area (Å²) in [7, 11) is 0. The van der Waals surface area contributed by atoms with E-state index >= 15 is 0 Å². The molecule has 1 aliphatic heterocycles. The van der Waals surface area contributed by atoms with Crippen LogP contribution in [0.2, 0.25) is 0 Å². The van der Waals surface area contributed by atoms with Crippen LogP contribution in [0.15, 0.2) is 84.9 Å². The molecule has 0 unspecified atom stereocenters. The number of hydrogen-bond donors (Lipinski definition) is 4. The topological polar surface area (TPSA) is 130 Å². The second-order valence-electron chi connectivity index (χ2n) is 8.81. The molecular weight excluding hydrogens is 456 g/mol. The van der Waals surface area contributed by atoms with Crippen molar-refractivity contribution in [1.29, 1.82) is 0 Å². The minimum Gasteiger partial charge on any atom is -0.368 e. The molecule has 1 fully saturated rings. The largest absolute Gasteiger partial charge is 0.368 e. The Kier molecular flexibility index (Phi) is 7.75. The van der Waals surface area contributed by atoms with Crippen molar-refractivity contribution in [3.8, 4) is 11.1 Å². The summed E-state index contributed by atoms with van der Waals surface area (Å²) in [6, 6.07) is 24.2. The van der Waals surface area contributed by atoms with Crippen LogP contribution in [0.4, 0.5) is 0 Å². The number of rotatable bonds is 9. The van der Waals surface area contributed by atoms with Gasteiger partial charge in [-0.3, -0.25) is 19.2 Å². The predicted octanol–water partition coefficient (Wildman–Crippen LogP) is 1.48. The standard InChI is InChI=1S/C28H28N4O4/c29-26(34)22(15-19-11-13-21(14-12-19)20-9-5-2-6-10-20)30-25(33)17-24-28(36)31-23(27(35)32-24)16-18-7-3-1-4-8-18/h1-14,22-24H,15-17H2,(H2,29,34)(H,30,33)(H,31,36)(H,32,35)/t22-,23-,24-/m0/s1. The average molecular weight is 485 g/mol. The SMILES string of the molecule is NC(=O)[C@H](Cc1ccc(-c2ccccc2)cc1)NC(=O)C[C@@H]1NC(=O)[C@H](Cc2ccccc2)NC1=O. The maximum absolute atomic E-state index is 12.6. The van der Waals surface area contributed by atoms with Gasteiger partial charge in [-0.05, 0) is 22.3 Å². The van der Waals surface area contributed by atoms with Gasteiger partial charge in [0, 0.05) is 12.8 Å². The molecule has 0 spiro atoms. The van der Waals surface area contributed by atoms with Crippen LogP contribution in [0.25, 0.3) is 11.1 Å². The normalized spacial score (nSPS) is 18.0. The zero-order chi connectivity index (χ0) is 25.5. The Bertz CT molecular complexity index is 1230. The van der Waals surface area contributed by atoms with Crippen molar-refractivity contribution >= 4 is 23.6 Å². The summed E-state index contributed by atoms with van der Waals surface area (Å²) in [6.45, 7) is 0. The molecule has 3 aromatic rings. The van der Waals surface area contributed by atoms with E-state index in [2.05, 4.69) is 16.0 Å². The lowest BCUT2D eigenvalue weighted by molar-refractivity contribution is -0.138. The second kappa shape index (κ2) is 11.3. The number of amides is 4. The van der Waals surface area contributed by atoms with E-state index in [1.165, 1.54) is 0 Å². The Balaban J connectivity index is 1.32. The molecule has 36 heavy (non-hydrogen) atoms. The van der Waals surface area contributed by atoms with Crippen LogP contribution in [0.3, 0.4) is 0 Å². The first-order valence-electron chi connectivity index (χ1n) is 11.8. The van der Waals surface area contributed by atoms with Crippen molar-refractivity contribution in [3.05, 3.63) is 96.1 Å². The van der Waals surface area contributed by atoms with Crippen molar-refractivity contribution in [2.45, 2.75) is 37.4 Å². The summed E-state index contributed by atoms with van der Waals surface area (Å²) in [5.74, 6) is -2.05. The molecule has 0 aliphatic carbocycles. The molecule has 8 nitrogen and oxygen atoms in total. The van der Waals surface area contributed by atoms with Crippen LogP contribution >= 0.6 is 0 Å². The summed E-state index contributed by atoms with van der Waals surface area (Å²) >= 11 is 0. The third-order valence-electron chi connectivity index (χ3n) is 6.12. The van der Waals surface area contributed by atoms with Crippen LogP contribution in [-0.2, 0) is 32.0 Å². The van der Waals surface area contributed by atoms with Gasteiger partial charge in [0.1, 0.15) is 18.1 Å². The van der Waals surface area contributed by atoms with E-state index < -0.39 is 35.8 Å². The quantitative estimate of drug-likeness (QED) is 0.366. The molecule has 8 heteroatoms. The second-order valence-corrected chi connectivity index (χ2v) is 8.81. The van der Waals surface area contributed by atoms with Crippen LogP contribution in [-0.4, -0.2) is 41.8 Å². The number of primary amides is 1. The van der Waals surface area contributed by atoms with E-state index in [4.69, 9.17) is 5.73 Å². The molecule has 184 valence electrons. The number of hydrogen-bond acceptors (Lipinski definition) is 4. The molecule has 1 saturated heterocycles. The lowest BCUT2D eigenvalue weighted by Crippen LogP contribution is -2.63. The Hall–Kier alpha value is -4.46. The smallest absolute Gasteiger partial charge is 0.243 e. The van der Waals surface area contributed by atoms with Crippen molar-refractivity contribution < 1.29 is 19.2 Å². The fraction of sp³-hybridized carbons (Fsp3) is 0.214. The van der Waals surface area contributed by atoms with E-state index in [9.17, 15) is 19.2 Å². The first-order valence-corrected chi connectivity index (χ1v) is 11.8. The van der Waals surface area contributed by atoms with Gasteiger partial charge < -0.3 is 21.7 Å². The summed E-state index contributed by atoms with van der Waals surface area (Å²) in [6.07, 6.45) is 0.259. The molecule has 4 amide bonds. The van der Waals surface area contributed by atoms with Gasteiger partial charge in [0.15, 0.2) is 0 Å². The van der Waals surface area contributed by atoms with Crippen molar-refractivity contribution in [1.82, 2.24) is 16.0 Å². The Morgan fingerprint density at radius 1 is 0.750 bits per heavy atom. The third kappa shape index (κ3) is 6.35. The highest BCUT2D eigenvalue weighted by Gasteiger charge is 2.35. The highest BCUT2D eigenvalue weighted by atomic mass is 16.2. The molecule has 5 N–H and O–H groups in total. The number of nitrogens with one attached hydrogen (secondary N) is 3. The monoisotopic (exact) mass is 484 g/mol. The van der Waals surface area contributed by atoms with Gasteiger partial charge in [-0.1, -0.05) is 84.9 Å². The Morgan fingerprint density at radius 3 is 1.94 bits per heavy atom. The van der Waals surface area contributed by atoms with Gasteiger partial charge >= 0.3 is 0 Å². The maximum Gasteiger partial charge on any atom is 0.243 e. The van der Waals surface area contributed by atoms with Gasteiger partial charge in [-0.25, -0.2) is 0 Å². The van der Waals surface area contributed by atoms with Crippen molar-refractivity contribution in [3.63, 3.8) is 0 Å². The number of carbonyl (C=O) groups excluding carboxylic acids is 4. The van der Waals surface area contributed by atoms with Crippen molar-refractivity contribution in [2.75, 3.05) is 0 Å². The highest BCUT2D eigenvalue weighted by Crippen LogP contribution is 2.20. The van der Waals surface area contributed by atoms with Crippen LogP contribution < -0.4 is 21.7 Å².